The SMILES string of the molecule is Cc1nc(C(=O)N(C)CCNc2ccccn2)ccc1C#N. The first-order chi connectivity index (χ1) is 10.6. The summed E-state index contributed by atoms with van der Waals surface area (Å²) in [5, 5.41) is 12.0. The van der Waals surface area contributed by atoms with Crippen molar-refractivity contribution in [2.75, 3.05) is 25.5 Å². The van der Waals surface area contributed by atoms with Crippen LogP contribution in [0.1, 0.15) is 21.7 Å². The predicted octanol–water partition coefficient (Wildman–Crippen LogP) is 1.84. The Morgan fingerprint density at radius 2 is 2.18 bits per heavy atom. The van der Waals surface area contributed by atoms with Crippen LogP contribution in [0.15, 0.2) is 36.5 Å². The van der Waals surface area contributed by atoms with Gasteiger partial charge in [0, 0.05) is 26.3 Å². The van der Waals surface area contributed by atoms with Crippen molar-refractivity contribution in [3.63, 3.8) is 0 Å². The Morgan fingerprint density at radius 3 is 2.82 bits per heavy atom. The molecule has 0 saturated heterocycles. The number of nitrogens with zero attached hydrogens (tertiary/aromatic N) is 4. The second-order valence-corrected chi connectivity index (χ2v) is 4.81. The molecular formula is C16H17N5O. The van der Waals surface area contributed by atoms with E-state index >= 15 is 0 Å². The minimum absolute atomic E-state index is 0.171. The fourth-order valence-electron chi connectivity index (χ4n) is 1.91. The number of carbonyl (C=O) groups is 1. The summed E-state index contributed by atoms with van der Waals surface area (Å²) in [6.07, 6.45) is 1.71. The number of nitriles is 1. The van der Waals surface area contributed by atoms with Gasteiger partial charge in [0.15, 0.2) is 0 Å². The molecule has 0 saturated carbocycles. The zero-order valence-electron chi connectivity index (χ0n) is 12.6. The van der Waals surface area contributed by atoms with Crippen molar-refractivity contribution in [2.24, 2.45) is 0 Å². The highest BCUT2D eigenvalue weighted by Gasteiger charge is 2.14. The first-order valence-corrected chi connectivity index (χ1v) is 6.90. The summed E-state index contributed by atoms with van der Waals surface area (Å²) in [5.41, 5.74) is 1.39. The second kappa shape index (κ2) is 7.18. The quantitative estimate of drug-likeness (QED) is 0.910. The molecule has 6 nitrogen and oxygen atoms in total. The Kier molecular flexibility index (Phi) is 5.04. The predicted molar refractivity (Wildman–Crippen MR) is 83.4 cm³/mol. The zero-order valence-corrected chi connectivity index (χ0v) is 12.6. The lowest BCUT2D eigenvalue weighted by atomic mass is 10.2. The monoisotopic (exact) mass is 295 g/mol. The number of rotatable bonds is 5. The molecule has 1 N–H and O–H groups in total. The fourth-order valence-corrected chi connectivity index (χ4v) is 1.91. The maximum absolute atomic E-state index is 12.3. The first-order valence-electron chi connectivity index (χ1n) is 6.90. The van der Waals surface area contributed by atoms with Crippen LogP contribution in [0, 0.1) is 18.3 Å². The van der Waals surface area contributed by atoms with E-state index in [4.69, 9.17) is 5.26 Å². The molecule has 0 atom stereocenters. The molecule has 22 heavy (non-hydrogen) atoms. The van der Waals surface area contributed by atoms with E-state index in [1.54, 1.807) is 37.2 Å². The smallest absolute Gasteiger partial charge is 0.272 e. The third kappa shape index (κ3) is 3.79. The van der Waals surface area contributed by atoms with Gasteiger partial charge in [0.1, 0.15) is 17.6 Å². The van der Waals surface area contributed by atoms with Gasteiger partial charge in [-0.3, -0.25) is 4.79 Å². The van der Waals surface area contributed by atoms with Crippen molar-refractivity contribution in [3.05, 3.63) is 53.5 Å². The first kappa shape index (κ1) is 15.4. The summed E-state index contributed by atoms with van der Waals surface area (Å²) >= 11 is 0. The van der Waals surface area contributed by atoms with Crippen LogP contribution in [0.25, 0.3) is 0 Å². The molecule has 0 radical (unpaired) electrons. The topological polar surface area (TPSA) is 81.9 Å². The van der Waals surface area contributed by atoms with E-state index in [-0.39, 0.29) is 5.91 Å². The van der Waals surface area contributed by atoms with Gasteiger partial charge in [0.2, 0.25) is 0 Å². The Balaban J connectivity index is 1.92. The molecule has 0 aliphatic heterocycles. The zero-order chi connectivity index (χ0) is 15.9. The van der Waals surface area contributed by atoms with Gasteiger partial charge in [-0.15, -0.1) is 0 Å². The van der Waals surface area contributed by atoms with Crippen LogP contribution in [-0.2, 0) is 0 Å². The van der Waals surface area contributed by atoms with E-state index in [0.29, 0.717) is 30.0 Å². The van der Waals surface area contributed by atoms with E-state index < -0.39 is 0 Å². The molecule has 0 aliphatic rings. The standard InChI is InChI=1S/C16H17N5O/c1-12-13(11-17)6-7-14(20-12)16(22)21(2)10-9-19-15-5-3-4-8-18-15/h3-8H,9-10H2,1-2H3,(H,18,19). The van der Waals surface area contributed by atoms with Crippen molar-refractivity contribution in [3.8, 4) is 6.07 Å². The van der Waals surface area contributed by atoms with E-state index in [1.165, 1.54) is 0 Å². The van der Waals surface area contributed by atoms with Crippen LogP contribution in [-0.4, -0.2) is 40.9 Å². The Bertz CT molecular complexity index is 693. The number of hydrogen-bond donors (Lipinski definition) is 1. The molecule has 2 aromatic rings. The number of nitrogens with one attached hydrogen (secondary N) is 1. The highest BCUT2D eigenvalue weighted by Crippen LogP contribution is 2.07. The maximum atomic E-state index is 12.3. The molecule has 0 bridgehead atoms. The largest absolute Gasteiger partial charge is 0.368 e. The third-order valence-electron chi connectivity index (χ3n) is 3.19. The minimum Gasteiger partial charge on any atom is -0.368 e. The van der Waals surface area contributed by atoms with Crippen molar-refractivity contribution in [1.29, 1.82) is 5.26 Å². The summed E-state index contributed by atoms with van der Waals surface area (Å²) in [7, 11) is 1.72. The molecule has 1 amide bonds. The van der Waals surface area contributed by atoms with Gasteiger partial charge in [-0.25, -0.2) is 9.97 Å². The van der Waals surface area contributed by atoms with Crippen LogP contribution in [0.2, 0.25) is 0 Å². The normalized spacial score (nSPS) is 9.86. The van der Waals surface area contributed by atoms with Gasteiger partial charge in [-0.1, -0.05) is 6.07 Å². The average Bonchev–Trinajstić information content (AvgIpc) is 2.55. The summed E-state index contributed by atoms with van der Waals surface area (Å²) in [5.74, 6) is 0.603. The van der Waals surface area contributed by atoms with Gasteiger partial charge in [0.25, 0.3) is 5.91 Å². The van der Waals surface area contributed by atoms with Gasteiger partial charge in [-0.05, 0) is 31.2 Å². The summed E-state index contributed by atoms with van der Waals surface area (Å²) in [6, 6.07) is 10.9. The number of hydrogen-bond acceptors (Lipinski definition) is 5. The molecule has 112 valence electrons. The highest BCUT2D eigenvalue weighted by atomic mass is 16.2. The van der Waals surface area contributed by atoms with Gasteiger partial charge in [0.05, 0.1) is 11.3 Å². The molecule has 2 rings (SSSR count). The van der Waals surface area contributed by atoms with Crippen LogP contribution in [0.5, 0.6) is 0 Å². The molecule has 0 unspecified atom stereocenters. The van der Waals surface area contributed by atoms with Gasteiger partial charge in [-0.2, -0.15) is 5.26 Å². The number of aromatic nitrogens is 2. The average molecular weight is 295 g/mol. The van der Waals surface area contributed by atoms with Crippen molar-refractivity contribution in [2.45, 2.75) is 6.92 Å². The molecule has 6 heteroatoms. The van der Waals surface area contributed by atoms with Crippen molar-refractivity contribution < 1.29 is 4.79 Å². The van der Waals surface area contributed by atoms with E-state index in [0.717, 1.165) is 5.82 Å². The van der Waals surface area contributed by atoms with Crippen LogP contribution in [0.3, 0.4) is 0 Å². The van der Waals surface area contributed by atoms with E-state index in [2.05, 4.69) is 15.3 Å². The van der Waals surface area contributed by atoms with E-state index in [1.807, 2.05) is 24.3 Å². The number of pyridine rings is 2. The third-order valence-corrected chi connectivity index (χ3v) is 3.19. The molecule has 0 fully saturated rings. The van der Waals surface area contributed by atoms with Crippen LogP contribution >= 0.6 is 0 Å². The molecule has 2 heterocycles. The minimum atomic E-state index is -0.171. The molecule has 0 aromatic carbocycles. The second-order valence-electron chi connectivity index (χ2n) is 4.81. The number of anilines is 1. The summed E-state index contributed by atoms with van der Waals surface area (Å²) in [6.45, 7) is 2.84. The fraction of sp³-hybridized carbons (Fsp3) is 0.250. The highest BCUT2D eigenvalue weighted by molar-refractivity contribution is 5.92. The molecule has 0 spiro atoms. The molecular weight excluding hydrogens is 278 g/mol. The summed E-state index contributed by atoms with van der Waals surface area (Å²) < 4.78 is 0. The van der Waals surface area contributed by atoms with Crippen molar-refractivity contribution >= 4 is 11.7 Å². The molecule has 2 aromatic heterocycles. The Morgan fingerprint density at radius 1 is 1.36 bits per heavy atom. The van der Waals surface area contributed by atoms with Gasteiger partial charge >= 0.3 is 0 Å². The van der Waals surface area contributed by atoms with Crippen LogP contribution < -0.4 is 5.32 Å². The lowest BCUT2D eigenvalue weighted by molar-refractivity contribution is 0.0794. The Hall–Kier alpha value is -2.94. The number of amides is 1. The van der Waals surface area contributed by atoms with Crippen molar-refractivity contribution in [1.82, 2.24) is 14.9 Å². The number of carbonyl (C=O) groups excluding carboxylic acids is 1. The van der Waals surface area contributed by atoms with Crippen LogP contribution in [0.4, 0.5) is 5.82 Å². The Labute approximate surface area is 129 Å². The lowest BCUT2D eigenvalue weighted by Gasteiger charge is -2.17. The number of likely N-dealkylation sites (N-methyl/N-ethyl adjacent to an activating group) is 1. The van der Waals surface area contributed by atoms with E-state index in [9.17, 15) is 4.79 Å². The molecule has 0 aliphatic carbocycles. The lowest BCUT2D eigenvalue weighted by Crippen LogP contribution is -2.32. The van der Waals surface area contributed by atoms with Gasteiger partial charge < -0.3 is 10.2 Å². The summed E-state index contributed by atoms with van der Waals surface area (Å²) in [4.78, 5) is 22.2. The number of aryl methyl sites for hydroxylation is 1. The maximum Gasteiger partial charge on any atom is 0.272 e.